The molecular weight excluding hydrogens is 276 g/mol. The Balaban J connectivity index is 2.01. The molecule has 0 saturated heterocycles. The van der Waals surface area contributed by atoms with Gasteiger partial charge < -0.3 is 5.11 Å². The molecule has 100 valence electrons. The van der Waals surface area contributed by atoms with Crippen molar-refractivity contribution >= 4 is 23.4 Å². The van der Waals surface area contributed by atoms with E-state index in [0.717, 1.165) is 11.1 Å². The Hall–Kier alpha value is -0.960. The summed E-state index contributed by atoms with van der Waals surface area (Å²) in [6.07, 6.45) is -0.497. The van der Waals surface area contributed by atoms with E-state index in [4.69, 9.17) is 11.6 Å². The van der Waals surface area contributed by atoms with Crippen LogP contribution in [0.15, 0.2) is 47.4 Å². The van der Waals surface area contributed by atoms with E-state index in [1.165, 1.54) is 10.5 Å². The molecule has 1 nitrogen and oxygen atoms in total. The van der Waals surface area contributed by atoms with Gasteiger partial charge in [0.1, 0.15) is 0 Å². The quantitative estimate of drug-likeness (QED) is 0.818. The maximum atomic E-state index is 10.2. The highest BCUT2D eigenvalue weighted by Crippen LogP contribution is 2.27. The molecule has 1 N–H and O–H groups in total. The highest BCUT2D eigenvalue weighted by molar-refractivity contribution is 7.99. The molecule has 19 heavy (non-hydrogen) atoms. The van der Waals surface area contributed by atoms with Crippen molar-refractivity contribution in [1.29, 1.82) is 0 Å². The van der Waals surface area contributed by atoms with Crippen LogP contribution in [0.1, 0.15) is 22.8 Å². The van der Waals surface area contributed by atoms with E-state index in [-0.39, 0.29) is 0 Å². The molecule has 2 aromatic rings. The summed E-state index contributed by atoms with van der Waals surface area (Å²) < 4.78 is 0. The maximum absolute atomic E-state index is 10.2. The van der Waals surface area contributed by atoms with Gasteiger partial charge in [-0.15, -0.1) is 11.8 Å². The highest BCUT2D eigenvalue weighted by atomic mass is 35.5. The highest BCUT2D eigenvalue weighted by Gasteiger charge is 2.09. The van der Waals surface area contributed by atoms with Crippen LogP contribution in [0.5, 0.6) is 0 Å². The Bertz CT molecular complexity index is 568. The first-order valence-electron chi connectivity index (χ1n) is 6.20. The standard InChI is InChI=1S/C16H17ClOS/c1-11-4-3-5-14(8-11)19-10-16(18)13-7-6-12(2)15(17)9-13/h3-9,16,18H,10H2,1-2H3. The lowest BCUT2D eigenvalue weighted by molar-refractivity contribution is 0.204. The maximum Gasteiger partial charge on any atom is 0.0884 e. The molecule has 1 unspecified atom stereocenters. The molecule has 0 amide bonds. The van der Waals surface area contributed by atoms with E-state index in [2.05, 4.69) is 25.1 Å². The van der Waals surface area contributed by atoms with E-state index in [1.807, 2.05) is 31.2 Å². The fraction of sp³-hybridized carbons (Fsp3) is 0.250. The van der Waals surface area contributed by atoms with Crippen LogP contribution >= 0.6 is 23.4 Å². The predicted octanol–water partition coefficient (Wildman–Crippen LogP) is 4.78. The zero-order chi connectivity index (χ0) is 13.8. The number of halogens is 1. The zero-order valence-corrected chi connectivity index (χ0v) is 12.6. The van der Waals surface area contributed by atoms with Gasteiger partial charge in [0.2, 0.25) is 0 Å². The lowest BCUT2D eigenvalue weighted by Crippen LogP contribution is -2.00. The second-order valence-corrected chi connectivity index (χ2v) is 6.15. The van der Waals surface area contributed by atoms with Crippen molar-refractivity contribution in [3.8, 4) is 0 Å². The molecule has 1 atom stereocenters. The van der Waals surface area contributed by atoms with Crippen LogP contribution in [-0.4, -0.2) is 10.9 Å². The average Bonchev–Trinajstić information content (AvgIpc) is 2.39. The Morgan fingerprint density at radius 1 is 1.16 bits per heavy atom. The topological polar surface area (TPSA) is 20.2 Å². The largest absolute Gasteiger partial charge is 0.388 e. The van der Waals surface area contributed by atoms with Gasteiger partial charge in [-0.05, 0) is 43.2 Å². The number of hydrogen-bond donors (Lipinski definition) is 1. The van der Waals surface area contributed by atoms with Gasteiger partial charge in [-0.2, -0.15) is 0 Å². The molecule has 0 aromatic heterocycles. The summed E-state index contributed by atoms with van der Waals surface area (Å²) in [5, 5.41) is 10.9. The minimum Gasteiger partial charge on any atom is -0.388 e. The third kappa shape index (κ3) is 4.00. The summed E-state index contributed by atoms with van der Waals surface area (Å²) in [5.41, 5.74) is 3.14. The fourth-order valence-electron chi connectivity index (χ4n) is 1.79. The van der Waals surface area contributed by atoms with Gasteiger partial charge in [-0.3, -0.25) is 0 Å². The van der Waals surface area contributed by atoms with Crippen molar-refractivity contribution in [3.05, 3.63) is 64.2 Å². The van der Waals surface area contributed by atoms with Crippen molar-refractivity contribution in [2.45, 2.75) is 24.8 Å². The average molecular weight is 293 g/mol. The van der Waals surface area contributed by atoms with E-state index in [1.54, 1.807) is 11.8 Å². The smallest absolute Gasteiger partial charge is 0.0884 e. The first-order chi connectivity index (χ1) is 9.06. The summed E-state index contributed by atoms with van der Waals surface area (Å²) in [4.78, 5) is 1.18. The van der Waals surface area contributed by atoms with Gasteiger partial charge in [0.05, 0.1) is 6.10 Å². The third-order valence-electron chi connectivity index (χ3n) is 2.98. The van der Waals surface area contributed by atoms with Gasteiger partial charge >= 0.3 is 0 Å². The van der Waals surface area contributed by atoms with Crippen molar-refractivity contribution in [3.63, 3.8) is 0 Å². The minimum absolute atomic E-state index is 0.497. The molecule has 0 heterocycles. The molecule has 0 radical (unpaired) electrons. The van der Waals surface area contributed by atoms with Crippen LogP contribution < -0.4 is 0 Å². The second-order valence-electron chi connectivity index (χ2n) is 4.65. The molecule has 0 fully saturated rings. The number of aryl methyl sites for hydroxylation is 2. The van der Waals surface area contributed by atoms with Crippen LogP contribution in [0, 0.1) is 13.8 Å². The monoisotopic (exact) mass is 292 g/mol. The molecule has 0 saturated carbocycles. The van der Waals surface area contributed by atoms with Crippen LogP contribution in [0.2, 0.25) is 5.02 Å². The van der Waals surface area contributed by atoms with Crippen molar-refractivity contribution < 1.29 is 5.11 Å². The number of aliphatic hydroxyl groups is 1. The molecule has 2 aromatic carbocycles. The van der Waals surface area contributed by atoms with Crippen LogP contribution in [0.4, 0.5) is 0 Å². The molecule has 2 rings (SSSR count). The predicted molar refractivity (Wildman–Crippen MR) is 83.1 cm³/mol. The fourth-order valence-corrected chi connectivity index (χ4v) is 2.97. The zero-order valence-electron chi connectivity index (χ0n) is 11.1. The van der Waals surface area contributed by atoms with Crippen LogP contribution in [0.3, 0.4) is 0 Å². The van der Waals surface area contributed by atoms with Gasteiger partial charge in [0.25, 0.3) is 0 Å². The van der Waals surface area contributed by atoms with Crippen LogP contribution in [0.25, 0.3) is 0 Å². The summed E-state index contributed by atoms with van der Waals surface area (Å²) in [6, 6.07) is 14.0. The molecule has 0 bridgehead atoms. The van der Waals surface area contributed by atoms with Crippen molar-refractivity contribution in [1.82, 2.24) is 0 Å². The Kier molecular flexibility index (Phi) is 4.92. The van der Waals surface area contributed by atoms with Crippen LogP contribution in [-0.2, 0) is 0 Å². The number of aliphatic hydroxyl groups excluding tert-OH is 1. The number of rotatable bonds is 4. The lowest BCUT2D eigenvalue weighted by atomic mass is 10.1. The second kappa shape index (κ2) is 6.47. The lowest BCUT2D eigenvalue weighted by Gasteiger charge is -2.12. The summed E-state index contributed by atoms with van der Waals surface area (Å²) in [6.45, 7) is 4.03. The van der Waals surface area contributed by atoms with Gasteiger partial charge in [-0.1, -0.05) is 41.4 Å². The normalized spacial score (nSPS) is 12.4. The summed E-state index contributed by atoms with van der Waals surface area (Å²) >= 11 is 7.73. The summed E-state index contributed by atoms with van der Waals surface area (Å²) in [5.74, 6) is 0.628. The SMILES string of the molecule is Cc1cccc(SCC(O)c2ccc(C)c(Cl)c2)c1. The van der Waals surface area contributed by atoms with E-state index in [0.29, 0.717) is 10.8 Å². The Morgan fingerprint density at radius 3 is 2.63 bits per heavy atom. The Labute approximate surface area is 123 Å². The summed E-state index contributed by atoms with van der Waals surface area (Å²) in [7, 11) is 0. The minimum atomic E-state index is -0.497. The van der Waals surface area contributed by atoms with Crippen molar-refractivity contribution in [2.75, 3.05) is 5.75 Å². The van der Waals surface area contributed by atoms with E-state index in [9.17, 15) is 5.11 Å². The number of hydrogen-bond acceptors (Lipinski definition) is 2. The Morgan fingerprint density at radius 2 is 1.95 bits per heavy atom. The first-order valence-corrected chi connectivity index (χ1v) is 7.56. The van der Waals surface area contributed by atoms with Gasteiger partial charge in [-0.25, -0.2) is 0 Å². The molecule has 0 aliphatic rings. The molecule has 3 heteroatoms. The van der Waals surface area contributed by atoms with E-state index < -0.39 is 6.10 Å². The van der Waals surface area contributed by atoms with Gasteiger partial charge in [0, 0.05) is 15.7 Å². The third-order valence-corrected chi connectivity index (χ3v) is 4.45. The molecule has 0 spiro atoms. The number of benzene rings is 2. The number of thioether (sulfide) groups is 1. The van der Waals surface area contributed by atoms with Gasteiger partial charge in [0.15, 0.2) is 0 Å². The van der Waals surface area contributed by atoms with Crippen molar-refractivity contribution in [2.24, 2.45) is 0 Å². The molecule has 0 aliphatic heterocycles. The first kappa shape index (κ1) is 14.4. The molecular formula is C16H17ClOS. The molecule has 0 aliphatic carbocycles. The van der Waals surface area contributed by atoms with E-state index >= 15 is 0 Å².